The van der Waals surface area contributed by atoms with Gasteiger partial charge in [0, 0.05) is 61.3 Å². The number of ketones is 1. The number of nitrogens with two attached hydrogens (primary N) is 1. The van der Waals surface area contributed by atoms with E-state index < -0.39 is 11.9 Å². The number of piperazine rings is 1. The van der Waals surface area contributed by atoms with Crippen LogP contribution in [0.25, 0.3) is 0 Å². The standard InChI is InChI=1S/C33H37FN6O2/c1-20-16-21(2)31(38-26-10-13-39(14-11-26)28-9-6-25(34)17-24(28)18-35)22(3)30(20)32(41)23-4-7-27(8-5-23)40-15-12-37-19-29(40)33(36)42/h4-9,16-17,26,29,37-38H,10-15,19H2,1-3H3,(H2,36,42). The van der Waals surface area contributed by atoms with Gasteiger partial charge in [-0.3, -0.25) is 9.59 Å². The van der Waals surface area contributed by atoms with Gasteiger partial charge in [-0.05, 0) is 92.8 Å². The number of nitrogens with zero attached hydrogens (tertiary/aromatic N) is 3. The van der Waals surface area contributed by atoms with E-state index in [1.54, 1.807) is 6.07 Å². The monoisotopic (exact) mass is 568 g/mol. The number of hydrogen-bond acceptors (Lipinski definition) is 7. The van der Waals surface area contributed by atoms with E-state index in [1.165, 1.54) is 12.1 Å². The minimum absolute atomic E-state index is 0.0403. The van der Waals surface area contributed by atoms with Crippen molar-refractivity contribution in [2.75, 3.05) is 47.8 Å². The maximum Gasteiger partial charge on any atom is 0.241 e. The van der Waals surface area contributed by atoms with Crippen LogP contribution < -0.4 is 26.2 Å². The Hall–Kier alpha value is -4.42. The zero-order chi connectivity index (χ0) is 30.0. The fourth-order valence-corrected chi connectivity index (χ4v) is 6.32. The predicted octanol–water partition coefficient (Wildman–Crippen LogP) is 4.20. The molecule has 0 aromatic heterocycles. The summed E-state index contributed by atoms with van der Waals surface area (Å²) >= 11 is 0. The molecule has 8 nitrogen and oxygen atoms in total. The number of carbonyl (C=O) groups excluding carboxylic acids is 2. The molecular formula is C33H37FN6O2. The van der Waals surface area contributed by atoms with Crippen molar-refractivity contribution in [3.63, 3.8) is 0 Å². The van der Waals surface area contributed by atoms with Gasteiger partial charge < -0.3 is 26.2 Å². The van der Waals surface area contributed by atoms with Crippen LogP contribution in [-0.2, 0) is 4.79 Å². The van der Waals surface area contributed by atoms with Gasteiger partial charge in [-0.25, -0.2) is 4.39 Å². The number of anilines is 3. The Balaban J connectivity index is 1.32. The van der Waals surface area contributed by atoms with Crippen molar-refractivity contribution in [1.29, 1.82) is 5.26 Å². The Morgan fingerprint density at radius 2 is 1.74 bits per heavy atom. The van der Waals surface area contributed by atoms with E-state index in [-0.39, 0.29) is 17.7 Å². The smallest absolute Gasteiger partial charge is 0.241 e. The Morgan fingerprint density at radius 1 is 1.02 bits per heavy atom. The van der Waals surface area contributed by atoms with Gasteiger partial charge >= 0.3 is 0 Å². The fraction of sp³-hybridized carbons (Fsp3) is 0.364. The number of primary amides is 1. The molecule has 2 fully saturated rings. The van der Waals surface area contributed by atoms with Crippen LogP contribution in [0.5, 0.6) is 0 Å². The highest BCUT2D eigenvalue weighted by Gasteiger charge is 2.28. The van der Waals surface area contributed by atoms with Gasteiger partial charge in [0.1, 0.15) is 17.9 Å². The third kappa shape index (κ3) is 5.81. The summed E-state index contributed by atoms with van der Waals surface area (Å²) < 4.78 is 13.6. The molecule has 3 aromatic carbocycles. The van der Waals surface area contributed by atoms with Gasteiger partial charge in [0.2, 0.25) is 5.91 Å². The zero-order valence-corrected chi connectivity index (χ0v) is 24.3. The van der Waals surface area contributed by atoms with Gasteiger partial charge in [0.05, 0.1) is 11.3 Å². The number of aryl methyl sites for hydroxylation is 2. The molecule has 2 aliphatic heterocycles. The van der Waals surface area contributed by atoms with Gasteiger partial charge in [0.15, 0.2) is 5.78 Å². The zero-order valence-electron chi connectivity index (χ0n) is 24.3. The lowest BCUT2D eigenvalue weighted by Gasteiger charge is -2.36. The minimum Gasteiger partial charge on any atom is -0.382 e. The van der Waals surface area contributed by atoms with Crippen molar-refractivity contribution in [3.8, 4) is 6.07 Å². The van der Waals surface area contributed by atoms with Crippen molar-refractivity contribution in [2.45, 2.75) is 45.7 Å². The third-order valence-electron chi connectivity index (χ3n) is 8.49. The number of benzene rings is 3. The molecule has 42 heavy (non-hydrogen) atoms. The lowest BCUT2D eigenvalue weighted by Crippen LogP contribution is -2.57. The number of hydrogen-bond donors (Lipinski definition) is 3. The van der Waals surface area contributed by atoms with Crippen LogP contribution in [0.2, 0.25) is 0 Å². The quantitative estimate of drug-likeness (QED) is 0.366. The number of nitrogens with one attached hydrogen (secondary N) is 2. The average molecular weight is 569 g/mol. The average Bonchev–Trinajstić information content (AvgIpc) is 2.99. The van der Waals surface area contributed by atoms with Crippen LogP contribution in [-0.4, -0.2) is 56.5 Å². The van der Waals surface area contributed by atoms with E-state index in [2.05, 4.69) is 34.6 Å². The van der Waals surface area contributed by atoms with E-state index in [1.807, 2.05) is 43.0 Å². The van der Waals surface area contributed by atoms with Crippen LogP contribution >= 0.6 is 0 Å². The molecule has 2 aliphatic rings. The van der Waals surface area contributed by atoms with Crippen molar-refractivity contribution < 1.29 is 14.0 Å². The van der Waals surface area contributed by atoms with E-state index >= 15 is 0 Å². The number of rotatable bonds is 7. The maximum absolute atomic E-state index is 13.8. The van der Waals surface area contributed by atoms with E-state index in [4.69, 9.17) is 5.73 Å². The van der Waals surface area contributed by atoms with Crippen molar-refractivity contribution in [3.05, 3.63) is 87.7 Å². The number of carbonyl (C=O) groups is 2. The van der Waals surface area contributed by atoms with E-state index in [0.29, 0.717) is 29.8 Å². The van der Waals surface area contributed by atoms with Crippen molar-refractivity contribution in [1.82, 2.24) is 5.32 Å². The lowest BCUT2D eigenvalue weighted by molar-refractivity contribution is -0.119. The summed E-state index contributed by atoms with van der Waals surface area (Å²) in [4.78, 5) is 29.9. The molecule has 1 atom stereocenters. The molecule has 1 unspecified atom stereocenters. The molecule has 1 amide bonds. The van der Waals surface area contributed by atoms with Crippen LogP contribution in [0.1, 0.15) is 51.0 Å². The van der Waals surface area contributed by atoms with Crippen LogP contribution in [0.15, 0.2) is 48.5 Å². The second-order valence-corrected chi connectivity index (χ2v) is 11.3. The first-order chi connectivity index (χ1) is 20.2. The van der Waals surface area contributed by atoms with Crippen LogP contribution in [0.3, 0.4) is 0 Å². The first kappa shape index (κ1) is 29.1. The first-order valence-electron chi connectivity index (χ1n) is 14.4. The topological polar surface area (TPSA) is 114 Å². The molecule has 0 spiro atoms. The summed E-state index contributed by atoms with van der Waals surface area (Å²) in [5, 5.41) is 16.4. The second-order valence-electron chi connectivity index (χ2n) is 11.3. The summed E-state index contributed by atoms with van der Waals surface area (Å²) in [7, 11) is 0. The van der Waals surface area contributed by atoms with Crippen LogP contribution in [0, 0.1) is 37.9 Å². The van der Waals surface area contributed by atoms with E-state index in [9.17, 15) is 19.2 Å². The normalized spacial score (nSPS) is 17.5. The van der Waals surface area contributed by atoms with Gasteiger partial charge in [-0.15, -0.1) is 0 Å². The summed E-state index contributed by atoms with van der Waals surface area (Å²) in [5.41, 5.74) is 12.8. The minimum atomic E-state index is -0.425. The van der Waals surface area contributed by atoms with Gasteiger partial charge in [-0.1, -0.05) is 6.07 Å². The molecule has 218 valence electrons. The SMILES string of the molecule is Cc1cc(C)c(C(=O)c2ccc(N3CCNCC3C(N)=O)cc2)c(C)c1NC1CCN(c2ccc(F)cc2C#N)CC1. The molecule has 3 aromatic rings. The summed E-state index contributed by atoms with van der Waals surface area (Å²) in [5.74, 6) is -0.822. The van der Waals surface area contributed by atoms with Crippen molar-refractivity contribution in [2.24, 2.45) is 5.73 Å². The molecule has 2 saturated heterocycles. The molecule has 9 heteroatoms. The highest BCUT2D eigenvalue weighted by atomic mass is 19.1. The Labute approximate surface area is 246 Å². The molecule has 0 radical (unpaired) electrons. The molecule has 0 bridgehead atoms. The summed E-state index contributed by atoms with van der Waals surface area (Å²) in [6.07, 6.45) is 1.69. The highest BCUT2D eigenvalue weighted by molar-refractivity contribution is 6.11. The van der Waals surface area contributed by atoms with Crippen LogP contribution in [0.4, 0.5) is 21.5 Å². The molecular weight excluding hydrogens is 531 g/mol. The van der Waals surface area contributed by atoms with Crippen molar-refractivity contribution >= 4 is 28.8 Å². The fourth-order valence-electron chi connectivity index (χ4n) is 6.32. The molecule has 0 saturated carbocycles. The number of piperidine rings is 1. The first-order valence-corrected chi connectivity index (χ1v) is 14.4. The Bertz CT molecular complexity index is 1540. The predicted molar refractivity (Wildman–Crippen MR) is 164 cm³/mol. The Kier molecular flexibility index (Phi) is 8.46. The third-order valence-corrected chi connectivity index (χ3v) is 8.49. The number of nitriles is 1. The molecule has 5 rings (SSSR count). The number of halogens is 1. The summed E-state index contributed by atoms with van der Waals surface area (Å²) in [6.45, 7) is 9.42. The second kappa shape index (κ2) is 12.2. The molecule has 0 aliphatic carbocycles. The highest BCUT2D eigenvalue weighted by Crippen LogP contribution is 2.32. The maximum atomic E-state index is 13.8. The number of amides is 1. The largest absolute Gasteiger partial charge is 0.382 e. The van der Waals surface area contributed by atoms with Gasteiger partial charge in [0.25, 0.3) is 0 Å². The molecule has 4 N–H and O–H groups in total. The lowest BCUT2D eigenvalue weighted by atomic mass is 9.90. The summed E-state index contributed by atoms with van der Waals surface area (Å²) in [6, 6.07) is 15.7. The van der Waals surface area contributed by atoms with Gasteiger partial charge in [-0.2, -0.15) is 5.26 Å². The Morgan fingerprint density at radius 3 is 2.40 bits per heavy atom. The molecule has 2 heterocycles. The van der Waals surface area contributed by atoms with E-state index in [0.717, 1.165) is 66.2 Å².